The summed E-state index contributed by atoms with van der Waals surface area (Å²) in [7, 11) is 0. The minimum absolute atomic E-state index is 0.0637. The van der Waals surface area contributed by atoms with Crippen molar-refractivity contribution in [2.24, 2.45) is 0 Å². The number of nitro groups is 1. The molecular weight excluding hydrogens is 300 g/mol. The molecule has 0 unspecified atom stereocenters. The van der Waals surface area contributed by atoms with E-state index in [1.165, 1.54) is 4.68 Å². The van der Waals surface area contributed by atoms with Gasteiger partial charge in [0.15, 0.2) is 0 Å². The molecule has 0 saturated heterocycles. The lowest BCUT2D eigenvalue weighted by atomic mass is 10.1. The van der Waals surface area contributed by atoms with Gasteiger partial charge in [0, 0.05) is 12.3 Å². The smallest absolute Gasteiger partial charge is 0.312 e. The molecule has 1 amide bonds. The predicted octanol–water partition coefficient (Wildman–Crippen LogP) is 1.58. The normalized spacial score (nSPS) is 10.6. The Hall–Kier alpha value is -2.74. The number of aliphatic hydroxyl groups is 1. The average molecular weight is 318 g/mol. The van der Waals surface area contributed by atoms with E-state index in [1.54, 1.807) is 26.0 Å². The van der Waals surface area contributed by atoms with E-state index in [2.05, 4.69) is 10.4 Å². The SMILES string of the molecule is Cc1nn(CC(=O)Nc2ccc(CCO)cc2)c(C)c1[N+](=O)[O-]. The zero-order valence-corrected chi connectivity index (χ0v) is 12.9. The van der Waals surface area contributed by atoms with E-state index in [9.17, 15) is 14.9 Å². The van der Waals surface area contributed by atoms with E-state index in [-0.39, 0.29) is 30.4 Å². The number of nitrogens with one attached hydrogen (secondary N) is 1. The van der Waals surface area contributed by atoms with Crippen LogP contribution in [0.2, 0.25) is 0 Å². The molecule has 2 N–H and O–H groups in total. The van der Waals surface area contributed by atoms with E-state index in [4.69, 9.17) is 5.11 Å². The molecule has 23 heavy (non-hydrogen) atoms. The highest BCUT2D eigenvalue weighted by atomic mass is 16.6. The zero-order valence-electron chi connectivity index (χ0n) is 12.9. The largest absolute Gasteiger partial charge is 0.396 e. The summed E-state index contributed by atoms with van der Waals surface area (Å²) in [6, 6.07) is 7.12. The predicted molar refractivity (Wildman–Crippen MR) is 84.2 cm³/mol. The molecule has 0 fully saturated rings. The third-order valence-corrected chi connectivity index (χ3v) is 3.46. The lowest BCUT2D eigenvalue weighted by Crippen LogP contribution is -2.20. The fourth-order valence-corrected chi connectivity index (χ4v) is 2.33. The van der Waals surface area contributed by atoms with E-state index in [0.717, 1.165) is 5.56 Å². The maximum absolute atomic E-state index is 12.1. The van der Waals surface area contributed by atoms with Crippen molar-refractivity contribution in [2.75, 3.05) is 11.9 Å². The van der Waals surface area contributed by atoms with Gasteiger partial charge in [-0.3, -0.25) is 19.6 Å². The Morgan fingerprint density at radius 2 is 2.00 bits per heavy atom. The number of aliphatic hydroxyl groups excluding tert-OH is 1. The molecule has 8 heteroatoms. The Labute approximate surface area is 132 Å². The Kier molecular flexibility index (Phi) is 5.07. The van der Waals surface area contributed by atoms with Crippen LogP contribution in [0.4, 0.5) is 11.4 Å². The Balaban J connectivity index is 2.05. The lowest BCUT2D eigenvalue weighted by molar-refractivity contribution is -0.386. The van der Waals surface area contributed by atoms with Gasteiger partial charge in [0.1, 0.15) is 17.9 Å². The first-order chi connectivity index (χ1) is 10.9. The quantitative estimate of drug-likeness (QED) is 0.620. The van der Waals surface area contributed by atoms with E-state index < -0.39 is 4.92 Å². The maximum Gasteiger partial charge on any atom is 0.312 e. The van der Waals surface area contributed by atoms with Gasteiger partial charge in [-0.25, -0.2) is 0 Å². The first-order valence-corrected chi connectivity index (χ1v) is 7.10. The molecule has 1 heterocycles. The van der Waals surface area contributed by atoms with Crippen molar-refractivity contribution < 1.29 is 14.8 Å². The standard InChI is InChI=1S/C15H18N4O4/c1-10-15(19(22)23)11(2)18(17-10)9-14(21)16-13-5-3-12(4-6-13)7-8-20/h3-6,20H,7-9H2,1-2H3,(H,16,21). The molecule has 0 bridgehead atoms. The average Bonchev–Trinajstić information content (AvgIpc) is 2.75. The molecule has 2 aromatic rings. The Morgan fingerprint density at radius 3 is 2.52 bits per heavy atom. The molecule has 0 saturated carbocycles. The van der Waals surface area contributed by atoms with Crippen LogP contribution in [0.3, 0.4) is 0 Å². The van der Waals surface area contributed by atoms with Crippen LogP contribution in [-0.2, 0) is 17.8 Å². The Morgan fingerprint density at radius 1 is 1.35 bits per heavy atom. The van der Waals surface area contributed by atoms with Crippen molar-refractivity contribution in [1.29, 1.82) is 0 Å². The van der Waals surface area contributed by atoms with Gasteiger partial charge < -0.3 is 10.4 Å². The van der Waals surface area contributed by atoms with E-state index in [1.807, 2.05) is 12.1 Å². The van der Waals surface area contributed by atoms with E-state index in [0.29, 0.717) is 17.8 Å². The summed E-state index contributed by atoms with van der Waals surface area (Å²) in [5, 5.41) is 26.6. The van der Waals surface area contributed by atoms with Crippen LogP contribution < -0.4 is 5.32 Å². The van der Waals surface area contributed by atoms with Crippen LogP contribution in [0.15, 0.2) is 24.3 Å². The van der Waals surface area contributed by atoms with Gasteiger partial charge >= 0.3 is 5.69 Å². The van der Waals surface area contributed by atoms with Gasteiger partial charge in [0.2, 0.25) is 5.91 Å². The van der Waals surface area contributed by atoms with E-state index >= 15 is 0 Å². The van der Waals surface area contributed by atoms with Gasteiger partial charge in [0.25, 0.3) is 0 Å². The minimum Gasteiger partial charge on any atom is -0.396 e. The molecular formula is C15H18N4O4. The third kappa shape index (κ3) is 3.92. The summed E-state index contributed by atoms with van der Waals surface area (Å²) in [5.41, 5.74) is 2.16. The monoisotopic (exact) mass is 318 g/mol. The van der Waals surface area contributed by atoms with Crippen LogP contribution in [0.1, 0.15) is 17.0 Å². The van der Waals surface area contributed by atoms with Crippen LogP contribution >= 0.6 is 0 Å². The number of hydrogen-bond donors (Lipinski definition) is 2. The second-order valence-corrected chi connectivity index (χ2v) is 5.15. The van der Waals surface area contributed by atoms with Gasteiger partial charge in [-0.1, -0.05) is 12.1 Å². The summed E-state index contributed by atoms with van der Waals surface area (Å²) in [6.45, 7) is 3.08. The van der Waals surface area contributed by atoms with Crippen molar-refractivity contribution >= 4 is 17.3 Å². The zero-order chi connectivity index (χ0) is 17.0. The third-order valence-electron chi connectivity index (χ3n) is 3.46. The highest BCUT2D eigenvalue weighted by Crippen LogP contribution is 2.21. The highest BCUT2D eigenvalue weighted by molar-refractivity contribution is 5.90. The van der Waals surface area contributed by atoms with Crippen molar-refractivity contribution in [3.63, 3.8) is 0 Å². The second-order valence-electron chi connectivity index (χ2n) is 5.15. The summed E-state index contributed by atoms with van der Waals surface area (Å²) in [4.78, 5) is 22.5. The van der Waals surface area contributed by atoms with Crippen molar-refractivity contribution in [3.8, 4) is 0 Å². The van der Waals surface area contributed by atoms with Gasteiger partial charge in [-0.2, -0.15) is 5.10 Å². The van der Waals surface area contributed by atoms with Crippen LogP contribution in [-0.4, -0.2) is 32.3 Å². The molecule has 0 spiro atoms. The number of rotatable bonds is 6. The van der Waals surface area contributed by atoms with Gasteiger partial charge in [-0.05, 0) is 38.0 Å². The summed E-state index contributed by atoms with van der Waals surface area (Å²) < 4.78 is 1.32. The fraction of sp³-hybridized carbons (Fsp3) is 0.333. The number of benzene rings is 1. The maximum atomic E-state index is 12.1. The summed E-state index contributed by atoms with van der Waals surface area (Å²) >= 11 is 0. The number of nitrogens with zero attached hydrogens (tertiary/aromatic N) is 3. The van der Waals surface area contributed by atoms with Crippen molar-refractivity contribution in [2.45, 2.75) is 26.8 Å². The molecule has 1 aromatic heterocycles. The molecule has 2 rings (SSSR count). The van der Waals surface area contributed by atoms with Crippen LogP contribution in [0.25, 0.3) is 0 Å². The number of aromatic nitrogens is 2. The molecule has 8 nitrogen and oxygen atoms in total. The van der Waals surface area contributed by atoms with Gasteiger partial charge in [-0.15, -0.1) is 0 Å². The lowest BCUT2D eigenvalue weighted by Gasteiger charge is -2.07. The topological polar surface area (TPSA) is 110 Å². The molecule has 1 aromatic carbocycles. The second kappa shape index (κ2) is 7.01. The number of amides is 1. The van der Waals surface area contributed by atoms with Gasteiger partial charge in [0.05, 0.1) is 4.92 Å². The van der Waals surface area contributed by atoms with Crippen LogP contribution in [0, 0.1) is 24.0 Å². The first kappa shape index (κ1) is 16.6. The molecule has 0 aliphatic heterocycles. The number of anilines is 1. The van der Waals surface area contributed by atoms with Crippen LogP contribution in [0.5, 0.6) is 0 Å². The van der Waals surface area contributed by atoms with Crippen molar-refractivity contribution in [1.82, 2.24) is 9.78 Å². The fourth-order valence-electron chi connectivity index (χ4n) is 2.33. The number of carbonyl (C=O) groups is 1. The number of aryl methyl sites for hydroxylation is 1. The summed E-state index contributed by atoms with van der Waals surface area (Å²) in [5.74, 6) is -0.319. The molecule has 0 atom stereocenters. The molecule has 0 aliphatic carbocycles. The molecule has 122 valence electrons. The highest BCUT2D eigenvalue weighted by Gasteiger charge is 2.22. The van der Waals surface area contributed by atoms with Crippen molar-refractivity contribution in [3.05, 3.63) is 51.3 Å². The molecule has 0 aliphatic rings. The minimum atomic E-state index is -0.494. The number of hydrogen-bond acceptors (Lipinski definition) is 5. The Bertz CT molecular complexity index is 722. The summed E-state index contributed by atoms with van der Waals surface area (Å²) in [6.07, 6.45) is 0.559. The number of carbonyl (C=O) groups excluding carboxylic acids is 1. The first-order valence-electron chi connectivity index (χ1n) is 7.10. The molecule has 0 radical (unpaired) electrons.